The number of rotatable bonds is 7. The van der Waals surface area contributed by atoms with Crippen LogP contribution in [0.25, 0.3) is 0 Å². The van der Waals surface area contributed by atoms with Crippen molar-refractivity contribution in [2.75, 3.05) is 38.1 Å². The summed E-state index contributed by atoms with van der Waals surface area (Å²) in [6, 6.07) is 4.52. The van der Waals surface area contributed by atoms with Crippen molar-refractivity contribution in [1.82, 2.24) is 10.2 Å². The van der Waals surface area contributed by atoms with E-state index >= 15 is 0 Å². The lowest BCUT2D eigenvalue weighted by molar-refractivity contribution is -0.123. The number of benzene rings is 1. The number of hydrogen-bond donors (Lipinski definition) is 2. The number of nitrogens with two attached hydrogens (primary N) is 1. The summed E-state index contributed by atoms with van der Waals surface area (Å²) in [5.74, 6) is -0.246. The molecule has 0 aromatic heterocycles. The maximum Gasteiger partial charge on any atom is 0.241 e. The van der Waals surface area contributed by atoms with E-state index in [4.69, 9.17) is 5.14 Å². The van der Waals surface area contributed by atoms with Crippen molar-refractivity contribution in [3.8, 4) is 0 Å². The second kappa shape index (κ2) is 7.94. The number of fused-ring (bicyclic) bond motifs is 1. The van der Waals surface area contributed by atoms with Crippen LogP contribution in [0.1, 0.15) is 18.9 Å². The van der Waals surface area contributed by atoms with Crippen LogP contribution in [0.5, 0.6) is 0 Å². The third-order valence-corrected chi connectivity index (χ3v) is 4.88. The van der Waals surface area contributed by atoms with E-state index in [1.165, 1.54) is 12.1 Å². The molecule has 0 aliphatic carbocycles. The third-order valence-electron chi connectivity index (χ3n) is 3.97. The second-order valence-electron chi connectivity index (χ2n) is 6.15. The maximum atomic E-state index is 12.5. The van der Waals surface area contributed by atoms with Gasteiger partial charge in [-0.05, 0) is 43.7 Å². The Morgan fingerprint density at radius 2 is 2.04 bits per heavy atom. The first-order chi connectivity index (χ1) is 11.7. The van der Waals surface area contributed by atoms with Crippen molar-refractivity contribution >= 4 is 27.5 Å². The molecule has 1 aliphatic heterocycles. The lowest BCUT2D eigenvalue weighted by Gasteiger charge is -2.22. The highest BCUT2D eigenvalue weighted by molar-refractivity contribution is 7.89. The molecule has 3 N–H and O–H groups in total. The average Bonchev–Trinajstić information content (AvgIpc) is 2.95. The van der Waals surface area contributed by atoms with Crippen molar-refractivity contribution in [2.24, 2.45) is 5.14 Å². The zero-order valence-corrected chi connectivity index (χ0v) is 15.3. The zero-order valence-electron chi connectivity index (χ0n) is 14.5. The van der Waals surface area contributed by atoms with Gasteiger partial charge in [-0.25, -0.2) is 13.6 Å². The van der Waals surface area contributed by atoms with Crippen LogP contribution in [0.4, 0.5) is 5.69 Å². The SMILES string of the molecule is CCCNC(=O)CN(C)CC(=O)N1CCc2cc(S(N)(=O)=O)ccc21. The Hall–Kier alpha value is -1.97. The zero-order chi connectivity index (χ0) is 18.6. The van der Waals surface area contributed by atoms with Crippen molar-refractivity contribution in [1.29, 1.82) is 0 Å². The number of anilines is 1. The van der Waals surface area contributed by atoms with Gasteiger partial charge in [-0.2, -0.15) is 0 Å². The van der Waals surface area contributed by atoms with E-state index in [2.05, 4.69) is 5.32 Å². The normalized spacial score (nSPS) is 13.8. The van der Waals surface area contributed by atoms with Gasteiger partial charge in [0.25, 0.3) is 0 Å². The molecule has 0 saturated carbocycles. The van der Waals surface area contributed by atoms with Gasteiger partial charge in [0.1, 0.15) is 0 Å². The minimum atomic E-state index is -3.76. The molecular weight excluding hydrogens is 344 g/mol. The van der Waals surface area contributed by atoms with Gasteiger partial charge in [-0.1, -0.05) is 6.92 Å². The largest absolute Gasteiger partial charge is 0.355 e. The summed E-state index contributed by atoms with van der Waals surface area (Å²) in [5, 5.41) is 7.91. The van der Waals surface area contributed by atoms with E-state index in [0.717, 1.165) is 12.0 Å². The van der Waals surface area contributed by atoms with Crippen LogP contribution >= 0.6 is 0 Å². The highest BCUT2D eigenvalue weighted by Crippen LogP contribution is 2.30. The summed E-state index contributed by atoms with van der Waals surface area (Å²) in [5.41, 5.74) is 1.48. The second-order valence-corrected chi connectivity index (χ2v) is 7.71. The molecule has 25 heavy (non-hydrogen) atoms. The minimum absolute atomic E-state index is 0.0465. The topological polar surface area (TPSA) is 113 Å². The fraction of sp³-hybridized carbons (Fsp3) is 0.500. The van der Waals surface area contributed by atoms with E-state index < -0.39 is 10.0 Å². The molecule has 2 amide bonds. The fourth-order valence-corrected chi connectivity index (χ4v) is 3.32. The van der Waals surface area contributed by atoms with Crippen molar-refractivity contribution in [2.45, 2.75) is 24.7 Å². The van der Waals surface area contributed by atoms with Gasteiger partial charge in [0.15, 0.2) is 0 Å². The van der Waals surface area contributed by atoms with E-state index in [1.807, 2.05) is 6.92 Å². The molecule has 8 nitrogen and oxygen atoms in total. The molecule has 1 aromatic carbocycles. The number of likely N-dealkylation sites (N-methyl/N-ethyl adjacent to an activating group) is 1. The number of nitrogens with zero attached hydrogens (tertiary/aromatic N) is 2. The van der Waals surface area contributed by atoms with Crippen LogP contribution in [0, 0.1) is 0 Å². The first-order valence-electron chi connectivity index (χ1n) is 8.13. The van der Waals surface area contributed by atoms with Gasteiger partial charge in [0.2, 0.25) is 21.8 Å². The standard InChI is InChI=1S/C16H24N4O4S/c1-3-7-18-15(21)10-19(2)11-16(22)20-8-6-12-9-13(25(17,23)24)4-5-14(12)20/h4-5,9H,3,6-8,10-11H2,1-2H3,(H,18,21)(H2,17,23,24). The first kappa shape index (κ1) is 19.4. The predicted molar refractivity (Wildman–Crippen MR) is 94.7 cm³/mol. The summed E-state index contributed by atoms with van der Waals surface area (Å²) in [6.07, 6.45) is 1.44. The van der Waals surface area contributed by atoms with Gasteiger partial charge in [0, 0.05) is 18.8 Å². The van der Waals surface area contributed by atoms with Crippen molar-refractivity contribution < 1.29 is 18.0 Å². The lowest BCUT2D eigenvalue weighted by atomic mass is 10.2. The highest BCUT2D eigenvalue weighted by atomic mass is 32.2. The Morgan fingerprint density at radius 1 is 1.32 bits per heavy atom. The number of amides is 2. The van der Waals surface area contributed by atoms with Gasteiger partial charge in [0.05, 0.1) is 18.0 Å². The number of primary sulfonamides is 1. The Kier molecular flexibility index (Phi) is 6.15. The predicted octanol–water partition coefficient (Wildman–Crippen LogP) is -0.319. The van der Waals surface area contributed by atoms with Crippen LogP contribution in [0.2, 0.25) is 0 Å². The van der Waals surface area contributed by atoms with Gasteiger partial charge in [-0.15, -0.1) is 0 Å². The smallest absolute Gasteiger partial charge is 0.241 e. The monoisotopic (exact) mass is 368 g/mol. The average molecular weight is 368 g/mol. The van der Waals surface area contributed by atoms with Crippen LogP contribution in [-0.4, -0.2) is 58.4 Å². The Balaban J connectivity index is 2.00. The van der Waals surface area contributed by atoms with E-state index in [9.17, 15) is 18.0 Å². The summed E-state index contributed by atoms with van der Waals surface area (Å²) >= 11 is 0. The Morgan fingerprint density at radius 3 is 2.68 bits per heavy atom. The molecule has 0 atom stereocenters. The molecule has 0 saturated heterocycles. The molecule has 138 valence electrons. The molecule has 2 rings (SSSR count). The molecule has 1 aliphatic rings. The van der Waals surface area contributed by atoms with E-state index in [0.29, 0.717) is 25.2 Å². The highest BCUT2D eigenvalue weighted by Gasteiger charge is 2.26. The fourth-order valence-electron chi connectivity index (χ4n) is 2.75. The van der Waals surface area contributed by atoms with Crippen LogP contribution in [0.3, 0.4) is 0 Å². The molecule has 1 heterocycles. The van der Waals surface area contributed by atoms with Gasteiger partial charge >= 0.3 is 0 Å². The molecule has 0 unspecified atom stereocenters. The Bertz CT molecular complexity index is 763. The first-order valence-corrected chi connectivity index (χ1v) is 9.68. The number of nitrogens with one attached hydrogen (secondary N) is 1. The summed E-state index contributed by atoms with van der Waals surface area (Å²) in [7, 11) is -2.05. The Labute approximate surface area is 148 Å². The van der Waals surface area contributed by atoms with Crippen LogP contribution in [-0.2, 0) is 26.0 Å². The van der Waals surface area contributed by atoms with Crippen molar-refractivity contribution in [3.05, 3.63) is 23.8 Å². The van der Waals surface area contributed by atoms with Crippen molar-refractivity contribution in [3.63, 3.8) is 0 Å². The minimum Gasteiger partial charge on any atom is -0.355 e. The summed E-state index contributed by atoms with van der Waals surface area (Å²) < 4.78 is 22.8. The molecule has 0 spiro atoms. The molecular formula is C16H24N4O4S. The van der Waals surface area contributed by atoms with E-state index in [-0.39, 0.29) is 29.8 Å². The number of sulfonamides is 1. The molecule has 9 heteroatoms. The quantitative estimate of drug-likeness (QED) is 0.685. The maximum absolute atomic E-state index is 12.5. The van der Waals surface area contributed by atoms with Crippen LogP contribution in [0.15, 0.2) is 23.1 Å². The van der Waals surface area contributed by atoms with E-state index in [1.54, 1.807) is 22.9 Å². The summed E-state index contributed by atoms with van der Waals surface area (Å²) in [6.45, 7) is 3.33. The molecule has 0 radical (unpaired) electrons. The molecule has 1 aromatic rings. The molecule has 0 bridgehead atoms. The molecule has 0 fully saturated rings. The third kappa shape index (κ3) is 5.00. The number of carbonyl (C=O) groups excluding carboxylic acids is 2. The number of carbonyl (C=O) groups is 2. The van der Waals surface area contributed by atoms with Gasteiger partial charge < -0.3 is 10.2 Å². The number of hydrogen-bond acceptors (Lipinski definition) is 5. The summed E-state index contributed by atoms with van der Waals surface area (Å²) in [4.78, 5) is 27.5. The van der Waals surface area contributed by atoms with Crippen LogP contribution < -0.4 is 15.4 Å². The van der Waals surface area contributed by atoms with Gasteiger partial charge in [-0.3, -0.25) is 14.5 Å². The lowest BCUT2D eigenvalue weighted by Crippen LogP contribution is -2.42.